The quantitative estimate of drug-likeness (QED) is 0.128. The number of hydrogen-bond donors (Lipinski definition) is 4. The first-order valence-electron chi connectivity index (χ1n) is 19.0. The van der Waals surface area contributed by atoms with Crippen molar-refractivity contribution in [2.24, 2.45) is 11.5 Å². The van der Waals surface area contributed by atoms with Crippen molar-refractivity contribution in [1.29, 1.82) is 0 Å². The summed E-state index contributed by atoms with van der Waals surface area (Å²) in [7, 11) is 1.57. The Balaban J connectivity index is 1.34. The highest BCUT2D eigenvalue weighted by Crippen LogP contribution is 2.29. The van der Waals surface area contributed by atoms with E-state index in [0.29, 0.717) is 69.6 Å². The van der Waals surface area contributed by atoms with Gasteiger partial charge in [-0.05, 0) is 63.2 Å². The number of fused-ring (bicyclic) bond motifs is 9. The molecule has 20 nitrogen and oxygen atoms in total. The second kappa shape index (κ2) is 15.5. The molecule has 2 aromatic carbocycles. The Hall–Kier alpha value is -7.90. The summed E-state index contributed by atoms with van der Waals surface area (Å²) in [6.07, 6.45) is 5.04. The maximum atomic E-state index is 14.7. The van der Waals surface area contributed by atoms with Crippen LogP contribution in [0.3, 0.4) is 0 Å². The van der Waals surface area contributed by atoms with Crippen molar-refractivity contribution in [3.05, 3.63) is 101 Å². The minimum atomic E-state index is -0.680. The van der Waals surface area contributed by atoms with Crippen LogP contribution in [0.1, 0.15) is 72.8 Å². The monoisotopic (exact) mass is 813 g/mol. The molecule has 7 aromatic rings. The molecule has 0 atom stereocenters. The molecule has 0 fully saturated rings. The number of methoxy groups -OCH3 is 1. The number of imidazole rings is 2. The molecule has 6 N–H and O–H groups in total. The number of nitrogens with one attached hydrogen (secondary N) is 2. The van der Waals surface area contributed by atoms with Crippen LogP contribution in [-0.2, 0) is 32.8 Å². The van der Waals surface area contributed by atoms with Gasteiger partial charge in [0.25, 0.3) is 11.7 Å². The zero-order valence-corrected chi connectivity index (χ0v) is 33.4. The standard InChI is InChI=1S/C40H40N14O6/c1-6-52-32-30(21(3)48-52)54-22(4)49-53(7-2)38(54)37(58)47-40-45-29-18-24(34(42)56)19-43-35(29)51(40)15-9-8-14-50-31-25(20-60-27-12-10-26(59-5)11-13-27)16-23(33(41)55)17-28(31)44-39(50)46-36(32)57/h8-13,16-19H,6-7,14-15,20H2,1-5H3,(H5-,41,42,44,45,46,47,55,56,57,58)/p+1/b9-8+. The number of benzene rings is 2. The van der Waals surface area contributed by atoms with Crippen molar-refractivity contribution in [3.8, 4) is 17.2 Å². The van der Waals surface area contributed by atoms with Gasteiger partial charge in [-0.15, -0.1) is 4.68 Å². The van der Waals surface area contributed by atoms with Crippen LogP contribution in [0.15, 0.2) is 60.8 Å². The first kappa shape index (κ1) is 38.9. The summed E-state index contributed by atoms with van der Waals surface area (Å²) in [4.78, 5) is 67.9. The van der Waals surface area contributed by atoms with Gasteiger partial charge in [-0.2, -0.15) is 9.67 Å². The van der Waals surface area contributed by atoms with E-state index in [9.17, 15) is 19.2 Å². The molecule has 0 radical (unpaired) electrons. The lowest BCUT2D eigenvalue weighted by atomic mass is 10.1. The lowest BCUT2D eigenvalue weighted by molar-refractivity contribution is -0.606. The van der Waals surface area contributed by atoms with E-state index in [0.717, 1.165) is 0 Å². The Morgan fingerprint density at radius 1 is 0.817 bits per heavy atom. The lowest BCUT2D eigenvalue weighted by Crippen LogP contribution is -2.44. The summed E-state index contributed by atoms with van der Waals surface area (Å²) >= 11 is 0. The van der Waals surface area contributed by atoms with Crippen molar-refractivity contribution in [2.75, 3.05) is 17.7 Å². The molecule has 1 aliphatic heterocycles. The van der Waals surface area contributed by atoms with Crippen molar-refractivity contribution < 1.29 is 33.2 Å². The molecular weight excluding hydrogens is 773 g/mol. The smallest absolute Gasteiger partial charge is 0.331 e. The molecule has 0 aliphatic carbocycles. The molecule has 0 spiro atoms. The molecule has 0 saturated carbocycles. The number of carbonyl (C=O) groups excluding carboxylic acids is 4. The number of rotatable bonds is 8. The Morgan fingerprint density at radius 2 is 1.45 bits per heavy atom. The van der Waals surface area contributed by atoms with Gasteiger partial charge < -0.3 is 25.5 Å². The average Bonchev–Trinajstić information content (AvgIpc) is 3.96. The number of ether oxygens (including phenoxy) is 2. The van der Waals surface area contributed by atoms with Crippen LogP contribution in [-0.4, -0.2) is 74.4 Å². The molecule has 306 valence electrons. The van der Waals surface area contributed by atoms with Crippen LogP contribution < -0.4 is 36.1 Å². The summed E-state index contributed by atoms with van der Waals surface area (Å²) in [5.41, 5.74) is 14.9. The minimum Gasteiger partial charge on any atom is -0.497 e. The number of nitrogens with zero attached hydrogens (tertiary/aromatic N) is 10. The largest absolute Gasteiger partial charge is 0.497 e. The van der Waals surface area contributed by atoms with E-state index < -0.39 is 23.6 Å². The SMILES string of the molecule is CCn1nc(C)c2c1C(=O)Nc1nc3cc(C(N)=O)cc(COc4ccc(OC)cc4)c3n1C/C=C/Cn1c(nc3cc(C(N)=O)cnc31)NC(=O)c1n(CC)nc(C)[n+]1-2. The fourth-order valence-electron chi connectivity index (χ4n) is 7.34. The zero-order valence-electron chi connectivity index (χ0n) is 33.4. The molecule has 20 heteroatoms. The summed E-state index contributed by atoms with van der Waals surface area (Å²) in [5.74, 6) is -0.472. The number of primary amides is 2. The van der Waals surface area contributed by atoms with E-state index in [4.69, 9.17) is 31.0 Å². The highest BCUT2D eigenvalue weighted by atomic mass is 16.5. The number of allylic oxidation sites excluding steroid dienone is 2. The number of carbonyl (C=O) groups is 4. The summed E-state index contributed by atoms with van der Waals surface area (Å²) in [6, 6.07) is 11.8. The van der Waals surface area contributed by atoms with E-state index in [1.54, 1.807) is 75.7 Å². The van der Waals surface area contributed by atoms with Gasteiger partial charge in [0.15, 0.2) is 17.0 Å². The van der Waals surface area contributed by atoms with Gasteiger partial charge in [0, 0.05) is 49.0 Å². The van der Waals surface area contributed by atoms with Crippen LogP contribution in [0.2, 0.25) is 0 Å². The molecule has 6 heterocycles. The molecular formula is C40H41N14O6+. The normalized spacial score (nSPS) is 13.6. The number of aromatic nitrogens is 10. The average molecular weight is 814 g/mol. The minimum absolute atomic E-state index is 0.0157. The van der Waals surface area contributed by atoms with Crippen molar-refractivity contribution in [1.82, 2.24) is 43.6 Å². The van der Waals surface area contributed by atoms with E-state index in [2.05, 4.69) is 25.7 Å². The number of nitrogens with two attached hydrogens (primary N) is 2. The third-order valence-electron chi connectivity index (χ3n) is 10.1. The molecule has 0 bridgehead atoms. The van der Waals surface area contributed by atoms with Crippen LogP contribution in [0, 0.1) is 13.8 Å². The Labute approximate surface area is 341 Å². The summed E-state index contributed by atoms with van der Waals surface area (Å²) in [5, 5.41) is 15.3. The van der Waals surface area contributed by atoms with Crippen molar-refractivity contribution in [2.45, 2.75) is 60.5 Å². The number of amides is 4. The summed E-state index contributed by atoms with van der Waals surface area (Å²) < 4.78 is 19.6. The Kier molecular flexibility index (Phi) is 10.0. The molecule has 5 aromatic heterocycles. The van der Waals surface area contributed by atoms with E-state index in [-0.39, 0.29) is 54.2 Å². The number of hydrogen-bond acceptors (Lipinski definition) is 11. The predicted molar refractivity (Wildman–Crippen MR) is 217 cm³/mol. The molecule has 0 saturated heterocycles. The zero-order chi connectivity index (χ0) is 42.4. The van der Waals surface area contributed by atoms with E-state index in [1.807, 2.05) is 26.0 Å². The van der Waals surface area contributed by atoms with Crippen molar-refractivity contribution >= 4 is 57.7 Å². The highest BCUT2D eigenvalue weighted by Gasteiger charge is 2.37. The third kappa shape index (κ3) is 6.82. The van der Waals surface area contributed by atoms with Gasteiger partial charge in [0.2, 0.25) is 23.7 Å². The third-order valence-corrected chi connectivity index (χ3v) is 10.1. The molecule has 0 unspecified atom stereocenters. The van der Waals surface area contributed by atoms with E-state index in [1.165, 1.54) is 16.9 Å². The molecule has 1 aliphatic rings. The second-order valence-electron chi connectivity index (χ2n) is 13.9. The van der Waals surface area contributed by atoms with E-state index >= 15 is 0 Å². The van der Waals surface area contributed by atoms with Crippen LogP contribution in [0.25, 0.3) is 27.9 Å². The molecule has 4 amide bonds. The predicted octanol–water partition coefficient (Wildman–Crippen LogP) is 2.97. The Bertz CT molecular complexity index is 2920. The van der Waals surface area contributed by atoms with Gasteiger partial charge in [0.1, 0.15) is 30.2 Å². The topological polar surface area (TPSA) is 251 Å². The fourth-order valence-corrected chi connectivity index (χ4v) is 7.34. The number of anilines is 2. The van der Waals surface area contributed by atoms with Crippen LogP contribution in [0.4, 0.5) is 11.9 Å². The maximum absolute atomic E-state index is 14.7. The Morgan fingerprint density at radius 3 is 2.13 bits per heavy atom. The first-order chi connectivity index (χ1) is 28.9. The van der Waals surface area contributed by atoms with Crippen LogP contribution >= 0.6 is 0 Å². The highest BCUT2D eigenvalue weighted by molar-refractivity contribution is 6.06. The van der Waals surface area contributed by atoms with Crippen molar-refractivity contribution in [3.63, 3.8) is 0 Å². The maximum Gasteiger partial charge on any atom is 0.331 e. The van der Waals surface area contributed by atoms with Gasteiger partial charge in [-0.3, -0.25) is 39.1 Å². The van der Waals surface area contributed by atoms with Gasteiger partial charge in [-0.25, -0.2) is 15.0 Å². The summed E-state index contributed by atoms with van der Waals surface area (Å²) in [6.45, 7) is 8.14. The van der Waals surface area contributed by atoms with Gasteiger partial charge >= 0.3 is 11.7 Å². The van der Waals surface area contributed by atoms with Crippen LogP contribution in [0.5, 0.6) is 11.5 Å². The molecule has 8 rings (SSSR count). The number of pyridine rings is 1. The first-order valence-corrected chi connectivity index (χ1v) is 19.0. The molecule has 60 heavy (non-hydrogen) atoms. The second-order valence-corrected chi connectivity index (χ2v) is 13.9. The fraction of sp³-hybridized carbons (Fsp3) is 0.250. The van der Waals surface area contributed by atoms with Gasteiger partial charge in [0.05, 0.1) is 29.4 Å². The van der Waals surface area contributed by atoms with Gasteiger partial charge in [-0.1, -0.05) is 12.2 Å². The number of aryl methyl sites for hydroxylation is 4. The lowest BCUT2D eigenvalue weighted by Gasteiger charge is -2.14.